The van der Waals surface area contributed by atoms with E-state index >= 15 is 0 Å². The van der Waals surface area contributed by atoms with Gasteiger partial charge < -0.3 is 14.5 Å². The molecule has 0 aliphatic carbocycles. The molecule has 0 N–H and O–H groups in total. The standard InChI is InChI=1S/C19H17ClF2N2O3/c20-15-3-1-2-14(12-15)18(26)24-10-8-23(9-11-24)17(25)13-4-6-16(7-5-13)27-19(21)22/h1-7,12,19H,8-11H2. The maximum absolute atomic E-state index is 12.5. The van der Waals surface area contributed by atoms with E-state index in [4.69, 9.17) is 11.6 Å². The van der Waals surface area contributed by atoms with Crippen LogP contribution in [0.25, 0.3) is 0 Å². The Kier molecular flexibility index (Phi) is 5.91. The molecule has 1 aliphatic rings. The zero-order chi connectivity index (χ0) is 19.4. The Morgan fingerprint density at radius 1 is 0.889 bits per heavy atom. The van der Waals surface area contributed by atoms with Crippen molar-refractivity contribution >= 4 is 23.4 Å². The SMILES string of the molecule is O=C(c1ccc(OC(F)F)cc1)N1CCN(C(=O)c2cccc(Cl)c2)CC1. The molecule has 0 saturated carbocycles. The van der Waals surface area contributed by atoms with Gasteiger partial charge in [0.2, 0.25) is 0 Å². The van der Waals surface area contributed by atoms with E-state index in [1.54, 1.807) is 34.1 Å². The molecule has 27 heavy (non-hydrogen) atoms. The van der Waals surface area contributed by atoms with E-state index in [2.05, 4.69) is 4.74 Å². The largest absolute Gasteiger partial charge is 0.435 e. The summed E-state index contributed by atoms with van der Waals surface area (Å²) in [5.41, 5.74) is 0.892. The summed E-state index contributed by atoms with van der Waals surface area (Å²) < 4.78 is 28.6. The van der Waals surface area contributed by atoms with Crippen molar-refractivity contribution in [3.63, 3.8) is 0 Å². The Labute approximate surface area is 160 Å². The van der Waals surface area contributed by atoms with Gasteiger partial charge in [-0.05, 0) is 42.5 Å². The number of benzene rings is 2. The van der Waals surface area contributed by atoms with Crippen LogP contribution in [0.3, 0.4) is 0 Å². The van der Waals surface area contributed by atoms with Gasteiger partial charge in [-0.1, -0.05) is 17.7 Å². The van der Waals surface area contributed by atoms with Gasteiger partial charge in [-0.25, -0.2) is 0 Å². The summed E-state index contributed by atoms with van der Waals surface area (Å²) in [6.45, 7) is -1.31. The molecule has 2 aromatic rings. The number of rotatable bonds is 4. The monoisotopic (exact) mass is 394 g/mol. The molecule has 142 valence electrons. The summed E-state index contributed by atoms with van der Waals surface area (Å²) in [5.74, 6) is -0.343. The fourth-order valence-corrected chi connectivity index (χ4v) is 3.07. The van der Waals surface area contributed by atoms with Gasteiger partial charge in [-0.15, -0.1) is 0 Å². The normalized spacial score (nSPS) is 14.4. The molecule has 1 aliphatic heterocycles. The third-order valence-electron chi connectivity index (χ3n) is 4.25. The topological polar surface area (TPSA) is 49.9 Å². The van der Waals surface area contributed by atoms with Crippen LogP contribution in [0.15, 0.2) is 48.5 Å². The number of amides is 2. The van der Waals surface area contributed by atoms with E-state index in [0.717, 1.165) is 0 Å². The van der Waals surface area contributed by atoms with Crippen molar-refractivity contribution in [1.82, 2.24) is 9.80 Å². The highest BCUT2D eigenvalue weighted by molar-refractivity contribution is 6.30. The van der Waals surface area contributed by atoms with Crippen LogP contribution in [0.4, 0.5) is 8.78 Å². The lowest BCUT2D eigenvalue weighted by Crippen LogP contribution is -2.50. The van der Waals surface area contributed by atoms with Gasteiger partial charge in [-0.3, -0.25) is 9.59 Å². The molecule has 0 spiro atoms. The average Bonchev–Trinajstić information content (AvgIpc) is 2.67. The molecule has 1 saturated heterocycles. The van der Waals surface area contributed by atoms with Crippen LogP contribution in [0.5, 0.6) is 5.75 Å². The van der Waals surface area contributed by atoms with Crippen LogP contribution in [0, 0.1) is 0 Å². The van der Waals surface area contributed by atoms with Crippen LogP contribution >= 0.6 is 11.6 Å². The van der Waals surface area contributed by atoms with Gasteiger partial charge in [0.05, 0.1) is 0 Å². The first kappa shape index (κ1) is 19.1. The molecule has 2 aromatic carbocycles. The number of halogens is 3. The zero-order valence-electron chi connectivity index (χ0n) is 14.3. The first-order valence-electron chi connectivity index (χ1n) is 8.33. The second-order valence-corrected chi connectivity index (χ2v) is 6.43. The molecule has 3 rings (SSSR count). The highest BCUT2D eigenvalue weighted by Crippen LogP contribution is 2.18. The van der Waals surface area contributed by atoms with E-state index < -0.39 is 6.61 Å². The van der Waals surface area contributed by atoms with Crippen LogP contribution in [0.2, 0.25) is 5.02 Å². The maximum Gasteiger partial charge on any atom is 0.387 e. The summed E-state index contributed by atoms with van der Waals surface area (Å²) >= 11 is 5.93. The van der Waals surface area contributed by atoms with E-state index in [0.29, 0.717) is 42.3 Å². The van der Waals surface area contributed by atoms with Crippen molar-refractivity contribution in [2.45, 2.75) is 6.61 Å². The van der Waals surface area contributed by atoms with Crippen molar-refractivity contribution in [2.24, 2.45) is 0 Å². The van der Waals surface area contributed by atoms with E-state index in [-0.39, 0.29) is 17.6 Å². The van der Waals surface area contributed by atoms with Crippen molar-refractivity contribution in [2.75, 3.05) is 26.2 Å². The van der Waals surface area contributed by atoms with Gasteiger partial charge in [0.25, 0.3) is 11.8 Å². The third kappa shape index (κ3) is 4.74. The molecular formula is C19H17ClF2N2O3. The number of hydrogen-bond donors (Lipinski definition) is 0. The minimum absolute atomic E-state index is 0.00140. The lowest BCUT2D eigenvalue weighted by molar-refractivity contribution is -0.0498. The molecule has 8 heteroatoms. The summed E-state index contributed by atoms with van der Waals surface area (Å²) in [6.07, 6.45) is 0. The van der Waals surface area contributed by atoms with E-state index in [1.165, 1.54) is 24.3 Å². The van der Waals surface area contributed by atoms with Gasteiger partial charge in [0, 0.05) is 42.3 Å². The summed E-state index contributed by atoms with van der Waals surface area (Å²) in [7, 11) is 0. The van der Waals surface area contributed by atoms with E-state index in [9.17, 15) is 18.4 Å². The molecule has 0 aromatic heterocycles. The molecule has 0 radical (unpaired) electrons. The summed E-state index contributed by atoms with van der Waals surface area (Å²) in [4.78, 5) is 28.4. The molecule has 2 amide bonds. The molecular weight excluding hydrogens is 378 g/mol. The zero-order valence-corrected chi connectivity index (χ0v) is 15.0. The van der Waals surface area contributed by atoms with Crippen molar-refractivity contribution < 1.29 is 23.1 Å². The number of hydrogen-bond acceptors (Lipinski definition) is 3. The second kappa shape index (κ2) is 8.35. The minimum atomic E-state index is -2.91. The van der Waals surface area contributed by atoms with Gasteiger partial charge in [-0.2, -0.15) is 8.78 Å². The Balaban J connectivity index is 1.58. The number of piperazine rings is 1. The molecule has 0 atom stereocenters. The molecule has 1 heterocycles. The van der Waals surface area contributed by atoms with Crippen molar-refractivity contribution in [1.29, 1.82) is 0 Å². The number of alkyl halides is 2. The average molecular weight is 395 g/mol. The minimum Gasteiger partial charge on any atom is -0.435 e. The highest BCUT2D eigenvalue weighted by atomic mass is 35.5. The Morgan fingerprint density at radius 2 is 1.44 bits per heavy atom. The number of nitrogens with zero attached hydrogens (tertiary/aromatic N) is 2. The highest BCUT2D eigenvalue weighted by Gasteiger charge is 2.25. The smallest absolute Gasteiger partial charge is 0.387 e. The van der Waals surface area contributed by atoms with Crippen LogP contribution in [-0.4, -0.2) is 54.4 Å². The Morgan fingerprint density at radius 3 is 1.96 bits per heavy atom. The predicted octanol–water partition coefficient (Wildman–Crippen LogP) is 3.54. The number of carbonyl (C=O) groups is 2. The van der Waals surface area contributed by atoms with Crippen LogP contribution in [0.1, 0.15) is 20.7 Å². The molecule has 1 fully saturated rings. The maximum atomic E-state index is 12.5. The predicted molar refractivity (Wildman–Crippen MR) is 96.3 cm³/mol. The van der Waals surface area contributed by atoms with Gasteiger partial charge >= 0.3 is 6.61 Å². The lowest BCUT2D eigenvalue weighted by atomic mass is 10.1. The van der Waals surface area contributed by atoms with Crippen molar-refractivity contribution in [3.8, 4) is 5.75 Å². The second-order valence-electron chi connectivity index (χ2n) is 6.00. The summed E-state index contributed by atoms with van der Waals surface area (Å²) in [5, 5.41) is 0.494. The summed E-state index contributed by atoms with van der Waals surface area (Å²) in [6, 6.07) is 12.3. The molecule has 5 nitrogen and oxygen atoms in total. The van der Waals surface area contributed by atoms with Gasteiger partial charge in [0.15, 0.2) is 0 Å². The first-order chi connectivity index (χ1) is 12.9. The Hall–Kier alpha value is -2.67. The van der Waals surface area contributed by atoms with Crippen LogP contribution in [-0.2, 0) is 0 Å². The van der Waals surface area contributed by atoms with Gasteiger partial charge in [0.1, 0.15) is 5.75 Å². The number of ether oxygens (including phenoxy) is 1. The van der Waals surface area contributed by atoms with Crippen molar-refractivity contribution in [3.05, 3.63) is 64.7 Å². The molecule has 0 unspecified atom stereocenters. The lowest BCUT2D eigenvalue weighted by Gasteiger charge is -2.35. The fourth-order valence-electron chi connectivity index (χ4n) is 2.88. The first-order valence-corrected chi connectivity index (χ1v) is 8.71. The third-order valence-corrected chi connectivity index (χ3v) is 4.49. The Bertz CT molecular complexity index is 822. The van der Waals surface area contributed by atoms with Crippen LogP contribution < -0.4 is 4.74 Å². The fraction of sp³-hybridized carbons (Fsp3) is 0.263. The van der Waals surface area contributed by atoms with E-state index in [1.807, 2.05) is 0 Å². The number of carbonyl (C=O) groups excluding carboxylic acids is 2. The molecule has 0 bridgehead atoms. The quantitative estimate of drug-likeness (QED) is 0.797.